The summed E-state index contributed by atoms with van der Waals surface area (Å²) in [6.07, 6.45) is -1.24. The Labute approximate surface area is 102 Å². The maximum atomic E-state index is 13.1. The summed E-state index contributed by atoms with van der Waals surface area (Å²) in [5.74, 6) is -1.43. The third kappa shape index (κ3) is 2.63. The van der Waals surface area contributed by atoms with E-state index in [-0.39, 0.29) is 11.3 Å². The van der Waals surface area contributed by atoms with E-state index < -0.39 is 17.7 Å². The molecular weight excluding hydrogens is 240 g/mol. The van der Waals surface area contributed by atoms with Crippen molar-refractivity contribution in [3.63, 3.8) is 0 Å². The Morgan fingerprint density at radius 1 is 1.06 bits per heavy atom. The van der Waals surface area contributed by atoms with E-state index in [1.54, 1.807) is 18.2 Å². The highest BCUT2D eigenvalue weighted by atomic mass is 19.1. The van der Waals surface area contributed by atoms with Crippen LogP contribution >= 0.6 is 0 Å². The molecule has 0 aliphatic carbocycles. The molecule has 0 fully saturated rings. The number of carbonyl (C=O) groups is 1. The van der Waals surface area contributed by atoms with Crippen molar-refractivity contribution in [3.8, 4) is 11.1 Å². The van der Waals surface area contributed by atoms with Crippen molar-refractivity contribution in [2.75, 3.05) is 5.32 Å². The summed E-state index contributed by atoms with van der Waals surface area (Å²) in [5.41, 5.74) is 0.963. The van der Waals surface area contributed by atoms with Crippen molar-refractivity contribution in [1.82, 2.24) is 0 Å². The van der Waals surface area contributed by atoms with Crippen molar-refractivity contribution in [2.24, 2.45) is 0 Å². The van der Waals surface area contributed by atoms with E-state index in [4.69, 9.17) is 5.11 Å². The fourth-order valence-electron chi connectivity index (χ4n) is 1.67. The summed E-state index contributed by atoms with van der Waals surface area (Å²) < 4.78 is 26.3. The number of para-hydroxylation sites is 1. The SMILES string of the molecule is O=C(O)Nc1ccccc1-c1cc(F)cc(F)c1. The Bertz CT molecular complexity index is 579. The first-order valence-electron chi connectivity index (χ1n) is 5.12. The van der Waals surface area contributed by atoms with Gasteiger partial charge in [-0.25, -0.2) is 13.6 Å². The summed E-state index contributed by atoms with van der Waals surface area (Å²) in [7, 11) is 0. The predicted octanol–water partition coefficient (Wildman–Crippen LogP) is 3.72. The van der Waals surface area contributed by atoms with Crippen molar-refractivity contribution < 1.29 is 18.7 Å². The molecule has 0 aliphatic heterocycles. The van der Waals surface area contributed by atoms with Crippen LogP contribution in [0.3, 0.4) is 0 Å². The lowest BCUT2D eigenvalue weighted by molar-refractivity contribution is 0.210. The number of rotatable bonds is 2. The van der Waals surface area contributed by atoms with E-state index in [0.29, 0.717) is 5.56 Å². The molecule has 18 heavy (non-hydrogen) atoms. The molecule has 0 atom stereocenters. The van der Waals surface area contributed by atoms with Crippen molar-refractivity contribution in [1.29, 1.82) is 0 Å². The lowest BCUT2D eigenvalue weighted by atomic mass is 10.0. The van der Waals surface area contributed by atoms with Gasteiger partial charge >= 0.3 is 6.09 Å². The van der Waals surface area contributed by atoms with Crippen molar-refractivity contribution in [3.05, 3.63) is 54.1 Å². The zero-order valence-corrected chi connectivity index (χ0v) is 9.15. The number of benzene rings is 2. The molecule has 0 spiro atoms. The summed E-state index contributed by atoms with van der Waals surface area (Å²) >= 11 is 0. The van der Waals surface area contributed by atoms with Gasteiger partial charge in [-0.3, -0.25) is 5.32 Å². The summed E-state index contributed by atoms with van der Waals surface area (Å²) in [4.78, 5) is 10.6. The van der Waals surface area contributed by atoms with Crippen LogP contribution in [0.4, 0.5) is 19.3 Å². The van der Waals surface area contributed by atoms with Gasteiger partial charge in [0.25, 0.3) is 0 Å². The highest BCUT2D eigenvalue weighted by molar-refractivity contribution is 5.90. The number of nitrogens with one attached hydrogen (secondary N) is 1. The second kappa shape index (κ2) is 4.83. The number of amides is 1. The molecule has 0 bridgehead atoms. The third-order valence-electron chi connectivity index (χ3n) is 2.34. The van der Waals surface area contributed by atoms with E-state index in [2.05, 4.69) is 5.32 Å². The van der Waals surface area contributed by atoms with Gasteiger partial charge in [0.15, 0.2) is 0 Å². The maximum absolute atomic E-state index is 13.1. The highest BCUT2D eigenvalue weighted by Gasteiger charge is 2.09. The van der Waals surface area contributed by atoms with E-state index in [1.165, 1.54) is 6.07 Å². The Hall–Kier alpha value is -2.43. The standard InChI is InChI=1S/C13H9F2NO2/c14-9-5-8(6-10(15)7-9)11-3-1-2-4-12(11)16-13(17)18/h1-7,16H,(H,17,18). The first-order valence-corrected chi connectivity index (χ1v) is 5.12. The molecule has 0 aliphatic rings. The second-order valence-corrected chi connectivity index (χ2v) is 3.63. The van der Waals surface area contributed by atoms with Gasteiger partial charge in [0.2, 0.25) is 0 Å². The van der Waals surface area contributed by atoms with Crippen LogP contribution in [0.15, 0.2) is 42.5 Å². The molecule has 5 heteroatoms. The average Bonchev–Trinajstić information content (AvgIpc) is 2.27. The number of halogens is 2. The maximum Gasteiger partial charge on any atom is 0.409 e. The molecular formula is C13H9F2NO2. The van der Waals surface area contributed by atoms with Gasteiger partial charge in [-0.2, -0.15) is 0 Å². The molecule has 2 N–H and O–H groups in total. The lowest BCUT2D eigenvalue weighted by Gasteiger charge is -2.09. The topological polar surface area (TPSA) is 49.3 Å². The molecule has 1 amide bonds. The van der Waals surface area contributed by atoms with E-state index in [0.717, 1.165) is 18.2 Å². The van der Waals surface area contributed by atoms with Gasteiger partial charge in [0.05, 0.1) is 5.69 Å². The molecule has 0 radical (unpaired) electrons. The number of hydrogen-bond acceptors (Lipinski definition) is 1. The van der Waals surface area contributed by atoms with Crippen LogP contribution in [0.25, 0.3) is 11.1 Å². The largest absolute Gasteiger partial charge is 0.465 e. The van der Waals surface area contributed by atoms with Crippen LogP contribution in [0.5, 0.6) is 0 Å². The van der Waals surface area contributed by atoms with Crippen LogP contribution in [0, 0.1) is 11.6 Å². The van der Waals surface area contributed by atoms with Gasteiger partial charge in [-0.1, -0.05) is 18.2 Å². The van der Waals surface area contributed by atoms with Gasteiger partial charge in [-0.15, -0.1) is 0 Å². The predicted molar refractivity (Wildman–Crippen MR) is 63.4 cm³/mol. The quantitative estimate of drug-likeness (QED) is 0.852. The molecule has 0 heterocycles. The molecule has 2 aromatic rings. The van der Waals surface area contributed by atoms with Gasteiger partial charge < -0.3 is 5.11 Å². The van der Waals surface area contributed by atoms with Gasteiger partial charge in [0, 0.05) is 11.6 Å². The van der Waals surface area contributed by atoms with E-state index in [1.807, 2.05) is 0 Å². The second-order valence-electron chi connectivity index (χ2n) is 3.63. The molecule has 2 aromatic carbocycles. The van der Waals surface area contributed by atoms with Crippen LogP contribution < -0.4 is 5.32 Å². The van der Waals surface area contributed by atoms with Gasteiger partial charge in [-0.05, 0) is 23.8 Å². The minimum absolute atomic E-state index is 0.273. The summed E-state index contributed by atoms with van der Waals surface area (Å²) in [6.45, 7) is 0. The first kappa shape index (κ1) is 12.0. The fraction of sp³-hybridized carbons (Fsp3) is 0. The molecule has 0 unspecified atom stereocenters. The Balaban J connectivity index is 2.52. The molecule has 92 valence electrons. The number of anilines is 1. The summed E-state index contributed by atoms with van der Waals surface area (Å²) in [6, 6.07) is 9.44. The first-order chi connectivity index (χ1) is 8.56. The van der Waals surface area contributed by atoms with Crippen LogP contribution in [-0.4, -0.2) is 11.2 Å². The van der Waals surface area contributed by atoms with Crippen LogP contribution in [0.1, 0.15) is 0 Å². The molecule has 2 rings (SSSR count). The number of hydrogen-bond donors (Lipinski definition) is 2. The Morgan fingerprint density at radius 2 is 1.67 bits per heavy atom. The zero-order valence-electron chi connectivity index (χ0n) is 9.15. The third-order valence-corrected chi connectivity index (χ3v) is 2.34. The average molecular weight is 249 g/mol. The van der Waals surface area contributed by atoms with Crippen LogP contribution in [-0.2, 0) is 0 Å². The van der Waals surface area contributed by atoms with Crippen LogP contribution in [0.2, 0.25) is 0 Å². The van der Waals surface area contributed by atoms with E-state index >= 15 is 0 Å². The minimum Gasteiger partial charge on any atom is -0.465 e. The fourth-order valence-corrected chi connectivity index (χ4v) is 1.67. The lowest BCUT2D eigenvalue weighted by Crippen LogP contribution is -2.08. The Kier molecular flexibility index (Phi) is 3.23. The Morgan fingerprint density at radius 3 is 2.28 bits per heavy atom. The van der Waals surface area contributed by atoms with Crippen molar-refractivity contribution in [2.45, 2.75) is 0 Å². The smallest absolute Gasteiger partial charge is 0.409 e. The molecule has 0 aromatic heterocycles. The van der Waals surface area contributed by atoms with E-state index in [9.17, 15) is 13.6 Å². The normalized spacial score (nSPS) is 10.1. The molecule has 0 saturated heterocycles. The van der Waals surface area contributed by atoms with Gasteiger partial charge in [0.1, 0.15) is 11.6 Å². The minimum atomic E-state index is -1.24. The number of carboxylic acid groups (broad SMARTS) is 1. The summed E-state index contributed by atoms with van der Waals surface area (Å²) in [5, 5.41) is 10.9. The molecule has 0 saturated carbocycles. The zero-order chi connectivity index (χ0) is 13.1. The van der Waals surface area contributed by atoms with Crippen molar-refractivity contribution >= 4 is 11.8 Å². The molecule has 3 nitrogen and oxygen atoms in total. The highest BCUT2D eigenvalue weighted by Crippen LogP contribution is 2.28. The monoisotopic (exact) mass is 249 g/mol.